The molecule has 1 aliphatic heterocycles. The molecule has 2 aromatic rings. The molecule has 0 spiro atoms. The molecular weight excluding hydrogens is 467 g/mol. The van der Waals surface area contributed by atoms with Gasteiger partial charge in [0.15, 0.2) is 6.61 Å². The average Bonchev–Trinajstić information content (AvgIpc) is 2.62. The summed E-state index contributed by atoms with van der Waals surface area (Å²) in [6.45, 7) is -0.388. The Bertz CT molecular complexity index is 841. The quantitative estimate of drug-likeness (QED) is 0.505. The highest BCUT2D eigenvalue weighted by molar-refractivity contribution is 14.1. The van der Waals surface area contributed by atoms with Gasteiger partial charge in [0.1, 0.15) is 0 Å². The lowest BCUT2D eigenvalue weighted by Gasteiger charge is -2.23. The molecule has 0 bridgehead atoms. The molecule has 1 aliphatic rings. The fourth-order valence-electron chi connectivity index (χ4n) is 2.31. The summed E-state index contributed by atoms with van der Waals surface area (Å²) in [5.74, 6) is -1.26. The van der Waals surface area contributed by atoms with Gasteiger partial charge in [-0.3, -0.25) is 14.4 Å². The number of halogens is 1. The zero-order valence-electron chi connectivity index (χ0n) is 13.5. The molecule has 8 heteroatoms. The highest BCUT2D eigenvalue weighted by Crippen LogP contribution is 2.36. The normalized spacial score (nSPS) is 15.6. The second kappa shape index (κ2) is 8.54. The van der Waals surface area contributed by atoms with Gasteiger partial charge in [-0.05, 0) is 59.0 Å². The van der Waals surface area contributed by atoms with Gasteiger partial charge in [0.05, 0.1) is 17.4 Å². The average molecular weight is 482 g/mol. The van der Waals surface area contributed by atoms with Crippen LogP contribution in [-0.2, 0) is 19.1 Å². The first-order valence-corrected chi connectivity index (χ1v) is 9.75. The van der Waals surface area contributed by atoms with E-state index in [1.54, 1.807) is 12.1 Å². The van der Waals surface area contributed by atoms with Crippen LogP contribution in [0, 0.1) is 3.57 Å². The van der Waals surface area contributed by atoms with Crippen molar-refractivity contribution in [2.45, 2.75) is 16.6 Å². The van der Waals surface area contributed by atoms with E-state index in [9.17, 15) is 14.4 Å². The summed E-state index contributed by atoms with van der Waals surface area (Å²) >= 11 is 3.48. The molecular formula is C18H15IN2O4S. The van der Waals surface area contributed by atoms with Gasteiger partial charge in [-0.1, -0.05) is 12.1 Å². The number of carbonyl (C=O) groups is 3. The second-order valence-corrected chi connectivity index (χ2v) is 8.00. The van der Waals surface area contributed by atoms with Gasteiger partial charge in [-0.2, -0.15) is 0 Å². The van der Waals surface area contributed by atoms with Crippen LogP contribution in [0.3, 0.4) is 0 Å². The van der Waals surface area contributed by atoms with Crippen molar-refractivity contribution in [3.05, 3.63) is 52.1 Å². The van der Waals surface area contributed by atoms with Crippen LogP contribution in [0.25, 0.3) is 0 Å². The van der Waals surface area contributed by atoms with Crippen molar-refractivity contribution < 1.29 is 19.1 Å². The Morgan fingerprint density at radius 3 is 2.65 bits per heavy atom. The van der Waals surface area contributed by atoms with E-state index in [1.807, 2.05) is 36.4 Å². The molecule has 0 fully saturated rings. The predicted molar refractivity (Wildman–Crippen MR) is 108 cm³/mol. The van der Waals surface area contributed by atoms with E-state index in [0.29, 0.717) is 5.69 Å². The van der Waals surface area contributed by atoms with Crippen LogP contribution in [0.4, 0.5) is 11.4 Å². The largest absolute Gasteiger partial charge is 0.456 e. The van der Waals surface area contributed by atoms with Crippen molar-refractivity contribution in [1.82, 2.24) is 0 Å². The number of hydrogen-bond donors (Lipinski definition) is 2. The third-order valence-electron chi connectivity index (χ3n) is 3.55. The molecule has 0 saturated carbocycles. The smallest absolute Gasteiger partial charge is 0.307 e. The lowest BCUT2D eigenvalue weighted by atomic mass is 10.2. The number of esters is 1. The Hall–Kier alpha value is -2.07. The fourth-order valence-corrected chi connectivity index (χ4v) is 3.77. The Morgan fingerprint density at radius 1 is 1.15 bits per heavy atom. The van der Waals surface area contributed by atoms with Crippen molar-refractivity contribution in [1.29, 1.82) is 0 Å². The monoisotopic (exact) mass is 482 g/mol. The van der Waals surface area contributed by atoms with Gasteiger partial charge < -0.3 is 15.4 Å². The predicted octanol–water partition coefficient (Wildman–Crippen LogP) is 3.28. The number of nitrogens with one attached hydrogen (secondary N) is 2. The maximum absolute atomic E-state index is 12.1. The van der Waals surface area contributed by atoms with Crippen LogP contribution in [0.5, 0.6) is 0 Å². The number of thioether (sulfide) groups is 1. The van der Waals surface area contributed by atoms with Gasteiger partial charge in [0, 0.05) is 14.2 Å². The zero-order chi connectivity index (χ0) is 18.5. The van der Waals surface area contributed by atoms with Crippen molar-refractivity contribution in [3.8, 4) is 0 Å². The van der Waals surface area contributed by atoms with Crippen molar-refractivity contribution in [2.24, 2.45) is 0 Å². The third kappa shape index (κ3) is 4.98. The number of hydrogen-bond acceptors (Lipinski definition) is 5. The summed E-state index contributed by atoms with van der Waals surface area (Å²) in [6.07, 6.45) is -0.0956. The number of anilines is 2. The number of amides is 2. The molecule has 2 N–H and O–H groups in total. The van der Waals surface area contributed by atoms with E-state index in [1.165, 1.54) is 11.8 Å². The summed E-state index contributed by atoms with van der Waals surface area (Å²) in [6, 6.07) is 14.6. The zero-order valence-corrected chi connectivity index (χ0v) is 16.5. The first kappa shape index (κ1) is 18.7. The van der Waals surface area contributed by atoms with E-state index >= 15 is 0 Å². The lowest BCUT2D eigenvalue weighted by molar-refractivity contribution is -0.147. The van der Waals surface area contributed by atoms with E-state index in [0.717, 1.165) is 14.2 Å². The second-order valence-electron chi connectivity index (χ2n) is 5.51. The van der Waals surface area contributed by atoms with Crippen molar-refractivity contribution in [3.63, 3.8) is 0 Å². The van der Waals surface area contributed by atoms with Crippen LogP contribution in [-0.4, -0.2) is 29.6 Å². The van der Waals surface area contributed by atoms with Crippen molar-refractivity contribution >= 4 is 63.5 Å². The summed E-state index contributed by atoms with van der Waals surface area (Å²) in [5.41, 5.74) is 1.37. The van der Waals surface area contributed by atoms with Gasteiger partial charge in [-0.25, -0.2) is 0 Å². The van der Waals surface area contributed by atoms with Crippen LogP contribution in [0.15, 0.2) is 53.4 Å². The highest BCUT2D eigenvalue weighted by Gasteiger charge is 2.29. The standard InChI is InChI=1S/C18H15IN2O4S/c19-11-5-7-12(8-6-11)20-16(22)10-25-17(23)9-15-18(24)21-13-3-1-2-4-14(13)26-15/h1-8,15H,9-10H2,(H,20,22)(H,21,24). The van der Waals surface area contributed by atoms with E-state index in [-0.39, 0.29) is 18.9 Å². The SMILES string of the molecule is O=C(COC(=O)CC1Sc2ccccc2NC1=O)Nc1ccc(I)cc1. The van der Waals surface area contributed by atoms with Gasteiger partial charge in [0.25, 0.3) is 5.91 Å². The Kier molecular flexibility index (Phi) is 6.15. The molecule has 2 aromatic carbocycles. The Labute approximate surface area is 168 Å². The topological polar surface area (TPSA) is 84.5 Å². The minimum atomic E-state index is -0.588. The van der Waals surface area contributed by atoms with Crippen LogP contribution >= 0.6 is 34.4 Å². The number of para-hydroxylation sites is 1. The molecule has 1 heterocycles. The number of ether oxygens (including phenoxy) is 1. The first-order valence-electron chi connectivity index (χ1n) is 7.79. The van der Waals surface area contributed by atoms with Gasteiger partial charge in [0.2, 0.25) is 5.91 Å². The van der Waals surface area contributed by atoms with Crippen molar-refractivity contribution in [2.75, 3.05) is 17.2 Å². The molecule has 0 radical (unpaired) electrons. The molecule has 0 aromatic heterocycles. The maximum atomic E-state index is 12.1. The summed E-state index contributed by atoms with van der Waals surface area (Å²) in [5, 5.41) is 4.84. The van der Waals surface area contributed by atoms with Gasteiger partial charge >= 0.3 is 5.97 Å². The number of benzene rings is 2. The molecule has 134 valence electrons. The van der Waals surface area contributed by atoms with Crippen LogP contribution in [0.2, 0.25) is 0 Å². The molecule has 26 heavy (non-hydrogen) atoms. The fraction of sp³-hybridized carbons (Fsp3) is 0.167. The van der Waals surface area contributed by atoms with E-state index in [2.05, 4.69) is 33.2 Å². The third-order valence-corrected chi connectivity index (χ3v) is 5.55. The number of rotatable bonds is 5. The summed E-state index contributed by atoms with van der Waals surface area (Å²) in [7, 11) is 0. The molecule has 6 nitrogen and oxygen atoms in total. The van der Waals surface area contributed by atoms with E-state index < -0.39 is 17.1 Å². The molecule has 0 aliphatic carbocycles. The summed E-state index contributed by atoms with van der Waals surface area (Å²) < 4.78 is 6.05. The van der Waals surface area contributed by atoms with Crippen LogP contribution < -0.4 is 10.6 Å². The van der Waals surface area contributed by atoms with Crippen LogP contribution in [0.1, 0.15) is 6.42 Å². The highest BCUT2D eigenvalue weighted by atomic mass is 127. The summed E-state index contributed by atoms with van der Waals surface area (Å²) in [4.78, 5) is 36.8. The lowest BCUT2D eigenvalue weighted by Crippen LogP contribution is -2.32. The van der Waals surface area contributed by atoms with Gasteiger partial charge in [-0.15, -0.1) is 11.8 Å². The molecule has 0 saturated heterocycles. The molecule has 3 rings (SSSR count). The Balaban J connectivity index is 1.47. The molecule has 1 atom stereocenters. The Morgan fingerprint density at radius 2 is 1.88 bits per heavy atom. The number of fused-ring (bicyclic) bond motifs is 1. The minimum absolute atomic E-state index is 0.0956. The van der Waals surface area contributed by atoms with E-state index in [4.69, 9.17) is 4.74 Å². The molecule has 2 amide bonds. The number of carbonyl (C=O) groups excluding carboxylic acids is 3. The minimum Gasteiger partial charge on any atom is -0.456 e. The molecule has 1 unspecified atom stereocenters. The first-order chi connectivity index (χ1) is 12.5. The maximum Gasteiger partial charge on any atom is 0.307 e.